The predicted molar refractivity (Wildman–Crippen MR) is 73.6 cm³/mol. The van der Waals surface area contributed by atoms with E-state index in [1.807, 2.05) is 13.1 Å². The van der Waals surface area contributed by atoms with Gasteiger partial charge in [-0.2, -0.15) is 0 Å². The molecule has 1 aliphatic rings. The van der Waals surface area contributed by atoms with Crippen molar-refractivity contribution in [1.29, 1.82) is 0 Å². The number of nitrogens with one attached hydrogen (secondary N) is 2. The summed E-state index contributed by atoms with van der Waals surface area (Å²) in [5, 5.41) is 6.13. The summed E-state index contributed by atoms with van der Waals surface area (Å²) in [6.45, 7) is 4.88. The topological polar surface area (TPSA) is 41.1 Å². The highest BCUT2D eigenvalue weighted by molar-refractivity contribution is 5.83. The van der Waals surface area contributed by atoms with E-state index >= 15 is 0 Å². The third-order valence-corrected chi connectivity index (χ3v) is 3.79. The van der Waals surface area contributed by atoms with Gasteiger partial charge in [-0.1, -0.05) is 24.3 Å². The molecule has 0 aliphatic heterocycles. The first-order valence-electron chi connectivity index (χ1n) is 6.64. The fourth-order valence-corrected chi connectivity index (χ4v) is 2.32. The van der Waals surface area contributed by atoms with E-state index in [4.69, 9.17) is 0 Å². The molecule has 2 rings (SSSR count). The molecule has 1 aliphatic carbocycles. The van der Waals surface area contributed by atoms with E-state index in [-0.39, 0.29) is 11.8 Å². The Morgan fingerprint density at radius 3 is 2.83 bits per heavy atom. The van der Waals surface area contributed by atoms with Gasteiger partial charge in [-0.25, -0.2) is 0 Å². The van der Waals surface area contributed by atoms with Crippen molar-refractivity contribution in [2.75, 3.05) is 13.6 Å². The van der Waals surface area contributed by atoms with Gasteiger partial charge in [0.05, 0.1) is 0 Å². The number of carbonyl (C=O) groups is 1. The van der Waals surface area contributed by atoms with Crippen LogP contribution in [0.3, 0.4) is 0 Å². The second-order valence-corrected chi connectivity index (χ2v) is 5.24. The summed E-state index contributed by atoms with van der Waals surface area (Å²) >= 11 is 0. The molecule has 0 aromatic heterocycles. The van der Waals surface area contributed by atoms with Crippen molar-refractivity contribution in [3.8, 4) is 0 Å². The minimum Gasteiger partial charge on any atom is -0.354 e. The van der Waals surface area contributed by atoms with Crippen LogP contribution in [0, 0.1) is 12.8 Å². The second-order valence-electron chi connectivity index (χ2n) is 5.24. The number of rotatable bonds is 5. The Balaban J connectivity index is 1.88. The summed E-state index contributed by atoms with van der Waals surface area (Å²) in [6.07, 6.45) is 0.991. The van der Waals surface area contributed by atoms with Crippen LogP contribution >= 0.6 is 0 Å². The molecule has 0 spiro atoms. The molecule has 98 valence electrons. The minimum atomic E-state index is 0.176. The Morgan fingerprint density at radius 2 is 2.17 bits per heavy atom. The van der Waals surface area contributed by atoms with Gasteiger partial charge in [-0.05, 0) is 44.4 Å². The Labute approximate surface area is 109 Å². The molecule has 2 N–H and O–H groups in total. The lowest BCUT2D eigenvalue weighted by Gasteiger charge is -2.11. The van der Waals surface area contributed by atoms with Crippen molar-refractivity contribution in [2.45, 2.75) is 32.2 Å². The van der Waals surface area contributed by atoms with Crippen LogP contribution in [0.2, 0.25) is 0 Å². The van der Waals surface area contributed by atoms with Crippen LogP contribution in [-0.2, 0) is 4.79 Å². The third-order valence-electron chi connectivity index (χ3n) is 3.79. The molecule has 3 nitrogen and oxygen atoms in total. The number of hydrogen-bond acceptors (Lipinski definition) is 2. The number of amides is 1. The first kappa shape index (κ1) is 13.1. The monoisotopic (exact) mass is 246 g/mol. The maximum atomic E-state index is 12.0. The first-order valence-corrected chi connectivity index (χ1v) is 6.64. The molecular weight excluding hydrogens is 224 g/mol. The predicted octanol–water partition coefficient (Wildman–Crippen LogP) is 1.82. The summed E-state index contributed by atoms with van der Waals surface area (Å²) in [7, 11) is 1.91. The Morgan fingerprint density at radius 1 is 1.44 bits per heavy atom. The van der Waals surface area contributed by atoms with Crippen molar-refractivity contribution in [3.63, 3.8) is 0 Å². The summed E-state index contributed by atoms with van der Waals surface area (Å²) in [5.41, 5.74) is 2.63. The Hall–Kier alpha value is -1.35. The average Bonchev–Trinajstić information content (AvgIpc) is 3.16. The molecular formula is C15H22N2O. The van der Waals surface area contributed by atoms with E-state index < -0.39 is 0 Å². The van der Waals surface area contributed by atoms with Gasteiger partial charge < -0.3 is 10.6 Å². The summed E-state index contributed by atoms with van der Waals surface area (Å²) in [5.74, 6) is 0.802. The minimum absolute atomic E-state index is 0.176. The van der Waals surface area contributed by atoms with Gasteiger partial charge in [0.15, 0.2) is 0 Å². The second kappa shape index (κ2) is 5.53. The molecule has 1 fully saturated rings. The lowest BCUT2D eigenvalue weighted by molar-refractivity contribution is -0.122. The number of hydrogen-bond donors (Lipinski definition) is 2. The number of benzene rings is 1. The van der Waals surface area contributed by atoms with Gasteiger partial charge in [-0.15, -0.1) is 0 Å². The number of likely N-dealkylation sites (N-methyl/N-ethyl adjacent to an activating group) is 1. The molecule has 0 radical (unpaired) electrons. The molecule has 1 aromatic rings. The third kappa shape index (κ3) is 2.91. The van der Waals surface area contributed by atoms with Crippen LogP contribution in [0.5, 0.6) is 0 Å². The molecule has 3 atom stereocenters. The zero-order valence-electron chi connectivity index (χ0n) is 11.4. The molecule has 1 aromatic carbocycles. The van der Waals surface area contributed by atoms with E-state index in [0.29, 0.717) is 18.5 Å². The van der Waals surface area contributed by atoms with Gasteiger partial charge >= 0.3 is 0 Å². The molecule has 3 heteroatoms. The van der Waals surface area contributed by atoms with Crippen LogP contribution in [0.25, 0.3) is 0 Å². The smallest absolute Gasteiger partial charge is 0.223 e. The molecule has 1 saturated carbocycles. The van der Waals surface area contributed by atoms with Crippen molar-refractivity contribution in [1.82, 2.24) is 10.6 Å². The number of carbonyl (C=O) groups excluding carboxylic acids is 1. The van der Waals surface area contributed by atoms with Gasteiger partial charge in [0.2, 0.25) is 5.91 Å². The van der Waals surface area contributed by atoms with Crippen LogP contribution in [0.4, 0.5) is 0 Å². The van der Waals surface area contributed by atoms with E-state index in [0.717, 1.165) is 6.42 Å². The molecule has 1 amide bonds. The fraction of sp³-hybridized carbons (Fsp3) is 0.533. The quantitative estimate of drug-likeness (QED) is 0.832. The maximum absolute atomic E-state index is 12.0. The highest BCUT2D eigenvalue weighted by atomic mass is 16.2. The van der Waals surface area contributed by atoms with E-state index in [2.05, 4.69) is 42.7 Å². The highest BCUT2D eigenvalue weighted by Gasteiger charge is 2.44. The lowest BCUT2D eigenvalue weighted by Crippen LogP contribution is -2.38. The van der Waals surface area contributed by atoms with Crippen molar-refractivity contribution < 1.29 is 4.79 Å². The maximum Gasteiger partial charge on any atom is 0.223 e. The lowest BCUT2D eigenvalue weighted by atomic mass is 10.0. The normalized spacial score (nSPS) is 23.5. The van der Waals surface area contributed by atoms with Gasteiger partial charge in [0, 0.05) is 18.5 Å². The largest absolute Gasteiger partial charge is 0.354 e. The van der Waals surface area contributed by atoms with Gasteiger partial charge in [0.1, 0.15) is 0 Å². The average molecular weight is 246 g/mol. The summed E-state index contributed by atoms with van der Waals surface area (Å²) < 4.78 is 0. The standard InChI is InChI=1S/C15H22N2O/c1-10-6-4-5-7-12(10)13-8-14(13)15(18)17-9-11(2)16-3/h4-7,11,13-14,16H,8-9H2,1-3H3,(H,17,18). The van der Waals surface area contributed by atoms with E-state index in [1.165, 1.54) is 11.1 Å². The molecule has 0 heterocycles. The van der Waals surface area contributed by atoms with E-state index in [1.54, 1.807) is 0 Å². The molecule has 0 saturated heterocycles. The fourth-order valence-electron chi connectivity index (χ4n) is 2.32. The van der Waals surface area contributed by atoms with Gasteiger partial charge in [0.25, 0.3) is 0 Å². The van der Waals surface area contributed by atoms with Gasteiger partial charge in [-0.3, -0.25) is 4.79 Å². The first-order chi connectivity index (χ1) is 8.63. The molecule has 3 unspecified atom stereocenters. The number of aryl methyl sites for hydroxylation is 1. The van der Waals surface area contributed by atoms with Crippen LogP contribution in [-0.4, -0.2) is 25.5 Å². The highest BCUT2D eigenvalue weighted by Crippen LogP contribution is 2.48. The Kier molecular flexibility index (Phi) is 4.02. The zero-order valence-corrected chi connectivity index (χ0v) is 11.4. The summed E-state index contributed by atoms with van der Waals surface area (Å²) in [6, 6.07) is 8.68. The van der Waals surface area contributed by atoms with Crippen LogP contribution in [0.1, 0.15) is 30.4 Å². The van der Waals surface area contributed by atoms with Crippen molar-refractivity contribution in [3.05, 3.63) is 35.4 Å². The Bertz CT molecular complexity index is 430. The zero-order chi connectivity index (χ0) is 13.1. The van der Waals surface area contributed by atoms with Crippen molar-refractivity contribution >= 4 is 5.91 Å². The van der Waals surface area contributed by atoms with E-state index in [9.17, 15) is 4.79 Å². The summed E-state index contributed by atoms with van der Waals surface area (Å²) in [4.78, 5) is 12.0. The molecule has 0 bridgehead atoms. The van der Waals surface area contributed by atoms with Crippen LogP contribution < -0.4 is 10.6 Å². The SMILES string of the molecule is CNC(C)CNC(=O)C1CC1c1ccccc1C. The van der Waals surface area contributed by atoms with Crippen LogP contribution in [0.15, 0.2) is 24.3 Å². The molecule has 18 heavy (non-hydrogen) atoms. The van der Waals surface area contributed by atoms with Crippen molar-refractivity contribution in [2.24, 2.45) is 5.92 Å².